The maximum Gasteiger partial charge on any atom is 0.263 e. The molecule has 0 saturated heterocycles. The van der Waals surface area contributed by atoms with E-state index in [2.05, 4.69) is 0 Å². The van der Waals surface area contributed by atoms with E-state index in [1.54, 1.807) is 0 Å². The van der Waals surface area contributed by atoms with Gasteiger partial charge in [0.05, 0.1) is 0 Å². The van der Waals surface area contributed by atoms with Crippen LogP contribution in [0.5, 0.6) is 0 Å². The highest BCUT2D eigenvalue weighted by Gasteiger charge is 2.35. The molecule has 1 aliphatic carbocycles. The van der Waals surface area contributed by atoms with E-state index in [9.17, 15) is 13.6 Å². The Morgan fingerprint density at radius 1 is 1.73 bits per heavy atom. The molecule has 0 amide bonds. The molecule has 0 N–H and O–H groups in total. The van der Waals surface area contributed by atoms with E-state index in [0.29, 0.717) is 0 Å². The van der Waals surface area contributed by atoms with Crippen molar-refractivity contribution < 1.29 is 13.6 Å². The number of hydrogen-bond donors (Lipinski definition) is 0. The average Bonchev–Trinajstić information content (AvgIpc) is 1.95. The number of carbonyl (C=O) groups is 1. The summed E-state index contributed by atoms with van der Waals surface area (Å²) in [6.45, 7) is 0. The third-order valence-corrected chi connectivity index (χ3v) is 1.74. The van der Waals surface area contributed by atoms with Crippen LogP contribution in [0.3, 0.4) is 0 Å². The second-order valence-electron chi connectivity index (χ2n) is 2.26. The largest absolute Gasteiger partial charge is 0.277 e. The van der Waals surface area contributed by atoms with Crippen LogP contribution in [0.15, 0.2) is 24.1 Å². The van der Waals surface area contributed by atoms with Crippen molar-refractivity contribution in [2.24, 2.45) is 0 Å². The van der Waals surface area contributed by atoms with Crippen molar-refractivity contribution in [1.29, 1.82) is 0 Å². The fourth-order valence-corrected chi connectivity index (χ4v) is 0.880. The molecule has 1 aliphatic rings. The molecule has 1 unspecified atom stereocenters. The van der Waals surface area contributed by atoms with Gasteiger partial charge in [-0.25, -0.2) is 8.78 Å². The van der Waals surface area contributed by atoms with Crippen LogP contribution in [0.4, 0.5) is 8.78 Å². The molecule has 60 valence electrons. The van der Waals surface area contributed by atoms with Gasteiger partial charge >= 0.3 is 0 Å². The zero-order valence-corrected chi connectivity index (χ0v) is 6.24. The summed E-state index contributed by atoms with van der Waals surface area (Å²) in [7, 11) is 0. The van der Waals surface area contributed by atoms with Gasteiger partial charge in [-0.05, 0) is 29.8 Å². The minimum atomic E-state index is -2.21. The van der Waals surface area contributed by atoms with E-state index in [-0.39, 0.29) is 6.42 Å². The van der Waals surface area contributed by atoms with Crippen molar-refractivity contribution >= 4 is 16.8 Å². The van der Waals surface area contributed by atoms with Crippen molar-refractivity contribution in [2.45, 2.75) is 12.1 Å². The van der Waals surface area contributed by atoms with Crippen LogP contribution in [0.25, 0.3) is 0 Å². The second-order valence-corrected chi connectivity index (χ2v) is 2.61. The first-order valence-corrected chi connectivity index (χ1v) is 3.36. The van der Waals surface area contributed by atoms with Gasteiger partial charge in [0.25, 0.3) is 5.24 Å². The molecule has 1 nitrogen and oxygen atoms in total. The summed E-state index contributed by atoms with van der Waals surface area (Å²) in [6, 6.07) is 0. The molecule has 0 radical (unpaired) electrons. The molecule has 4 heteroatoms. The number of hydrogen-bond acceptors (Lipinski definition) is 1. The predicted molar refractivity (Wildman–Crippen MR) is 37.6 cm³/mol. The van der Waals surface area contributed by atoms with Crippen LogP contribution in [0.1, 0.15) is 6.42 Å². The first kappa shape index (κ1) is 8.40. The molecule has 0 aliphatic heterocycles. The quantitative estimate of drug-likeness (QED) is 0.563. The molecular weight excluding hydrogens is 174 g/mol. The lowest BCUT2D eigenvalue weighted by Gasteiger charge is -2.16. The van der Waals surface area contributed by atoms with E-state index in [1.165, 1.54) is 0 Å². The molecule has 1 rings (SSSR count). The number of halogens is 3. The summed E-state index contributed by atoms with van der Waals surface area (Å²) in [5.74, 6) is -0.545. The molecule has 0 fully saturated rings. The number of rotatable bonds is 1. The molecule has 0 heterocycles. The van der Waals surface area contributed by atoms with E-state index < -0.39 is 16.7 Å². The Kier molecular flexibility index (Phi) is 2.09. The Bertz CT molecular complexity index is 247. The van der Waals surface area contributed by atoms with E-state index in [1.807, 2.05) is 0 Å². The van der Waals surface area contributed by atoms with Gasteiger partial charge in [-0.15, -0.1) is 0 Å². The van der Waals surface area contributed by atoms with Gasteiger partial charge in [0, 0.05) is 6.42 Å². The van der Waals surface area contributed by atoms with Crippen molar-refractivity contribution in [3.63, 3.8) is 0 Å². The maximum absolute atomic E-state index is 13.1. The monoisotopic (exact) mass is 178 g/mol. The summed E-state index contributed by atoms with van der Waals surface area (Å²) < 4.78 is 25.3. The van der Waals surface area contributed by atoms with E-state index in [0.717, 1.165) is 18.2 Å². The van der Waals surface area contributed by atoms with Crippen LogP contribution in [-0.4, -0.2) is 10.9 Å². The second kappa shape index (κ2) is 2.74. The van der Waals surface area contributed by atoms with Gasteiger partial charge in [-0.2, -0.15) is 0 Å². The van der Waals surface area contributed by atoms with Gasteiger partial charge in [-0.3, -0.25) is 4.79 Å². The summed E-state index contributed by atoms with van der Waals surface area (Å²) in [5.41, 5.74) is -2.21. The topological polar surface area (TPSA) is 17.1 Å². The summed E-state index contributed by atoms with van der Waals surface area (Å²) in [5, 5.41) is -1.11. The minimum Gasteiger partial charge on any atom is -0.277 e. The van der Waals surface area contributed by atoms with E-state index >= 15 is 0 Å². The van der Waals surface area contributed by atoms with Crippen molar-refractivity contribution in [3.05, 3.63) is 24.1 Å². The fraction of sp³-hybridized carbons (Fsp3) is 0.286. The predicted octanol–water partition coefficient (Wildman–Crippen LogP) is 2.27. The lowest BCUT2D eigenvalue weighted by atomic mass is 9.99. The molecule has 0 aromatic rings. The third kappa shape index (κ3) is 1.66. The van der Waals surface area contributed by atoms with Crippen LogP contribution >= 0.6 is 11.6 Å². The maximum atomic E-state index is 13.1. The van der Waals surface area contributed by atoms with Crippen molar-refractivity contribution in [1.82, 2.24) is 0 Å². The van der Waals surface area contributed by atoms with Gasteiger partial charge in [-0.1, -0.05) is 0 Å². The Labute approximate surface area is 67.3 Å². The lowest BCUT2D eigenvalue weighted by Crippen LogP contribution is -2.28. The Hall–Kier alpha value is -0.700. The summed E-state index contributed by atoms with van der Waals surface area (Å²) in [6.07, 6.45) is 2.39. The zero-order valence-electron chi connectivity index (χ0n) is 5.48. The van der Waals surface area contributed by atoms with Gasteiger partial charge in [0.1, 0.15) is 5.83 Å². The molecule has 0 spiro atoms. The Morgan fingerprint density at radius 3 is 2.73 bits per heavy atom. The molecule has 0 aromatic carbocycles. The first-order chi connectivity index (χ1) is 5.04. The van der Waals surface area contributed by atoms with Crippen molar-refractivity contribution in [2.75, 3.05) is 0 Å². The van der Waals surface area contributed by atoms with Crippen LogP contribution in [0, 0.1) is 0 Å². The zero-order chi connectivity index (χ0) is 8.48. The van der Waals surface area contributed by atoms with Gasteiger partial charge in [0.15, 0.2) is 0 Å². The molecule has 11 heavy (non-hydrogen) atoms. The molecule has 0 saturated carbocycles. The SMILES string of the molecule is O=C(Cl)C1(F)C=CC(F)=CC1. The Morgan fingerprint density at radius 2 is 2.36 bits per heavy atom. The Balaban J connectivity index is 2.82. The highest BCUT2D eigenvalue weighted by Crippen LogP contribution is 2.27. The van der Waals surface area contributed by atoms with Gasteiger partial charge in [0.2, 0.25) is 5.67 Å². The van der Waals surface area contributed by atoms with Crippen LogP contribution < -0.4 is 0 Å². The van der Waals surface area contributed by atoms with Crippen LogP contribution in [0.2, 0.25) is 0 Å². The van der Waals surface area contributed by atoms with E-state index in [4.69, 9.17) is 11.6 Å². The summed E-state index contributed by atoms with van der Waals surface area (Å²) in [4.78, 5) is 10.4. The third-order valence-electron chi connectivity index (χ3n) is 1.43. The smallest absolute Gasteiger partial charge is 0.263 e. The molecule has 1 atom stereocenters. The summed E-state index contributed by atoms with van der Waals surface area (Å²) >= 11 is 4.93. The first-order valence-electron chi connectivity index (χ1n) is 2.98. The minimum absolute atomic E-state index is 0.322. The highest BCUT2D eigenvalue weighted by atomic mass is 35.5. The standard InChI is InChI=1S/C7H5ClF2O/c8-6(11)7(10)3-1-5(9)2-4-7/h1-3H,4H2. The normalized spacial score (nSPS) is 29.9. The fourth-order valence-electron chi connectivity index (χ4n) is 0.740. The molecular formula is C7H5ClF2O. The average molecular weight is 179 g/mol. The van der Waals surface area contributed by atoms with Gasteiger partial charge < -0.3 is 0 Å². The molecule has 0 aromatic heterocycles. The number of allylic oxidation sites excluding steroid dienone is 4. The lowest BCUT2D eigenvalue weighted by molar-refractivity contribution is -0.119. The number of alkyl halides is 1. The molecule has 0 bridgehead atoms. The van der Waals surface area contributed by atoms with Crippen LogP contribution in [-0.2, 0) is 4.79 Å². The van der Waals surface area contributed by atoms with Crippen molar-refractivity contribution in [3.8, 4) is 0 Å². The highest BCUT2D eigenvalue weighted by molar-refractivity contribution is 6.65. The number of carbonyl (C=O) groups excluding carboxylic acids is 1.